The molecule has 0 heterocycles. The van der Waals surface area contributed by atoms with Gasteiger partial charge in [0.05, 0.1) is 0 Å². The maximum absolute atomic E-state index is 11.9. The lowest BCUT2D eigenvalue weighted by atomic mass is 10.1. The van der Waals surface area contributed by atoms with Crippen molar-refractivity contribution in [2.45, 2.75) is 75.6 Å². The van der Waals surface area contributed by atoms with Crippen LogP contribution in [-0.4, -0.2) is 12.3 Å². The molecule has 3 aromatic carbocycles. The number of amides is 1. The fraction of sp³-hybridized carbons (Fsp3) is 0.367. The molecule has 0 spiro atoms. The number of hydrogen-bond donors (Lipinski definition) is 1. The van der Waals surface area contributed by atoms with Gasteiger partial charge in [0.1, 0.15) is 5.75 Å². The Bertz CT molecular complexity index is 894. The molecule has 0 aliphatic carbocycles. The molecule has 1 N–H and O–H groups in total. The van der Waals surface area contributed by atoms with Crippen molar-refractivity contribution >= 4 is 11.6 Å². The number of para-hydroxylation sites is 1. The third-order valence-electron chi connectivity index (χ3n) is 3.57. The lowest BCUT2D eigenvalue weighted by Crippen LogP contribution is -2.16. The molecule has 0 aliphatic rings. The molecule has 0 fully saturated rings. The Kier molecular flexibility index (Phi) is 24.3. The van der Waals surface area contributed by atoms with E-state index in [1.165, 1.54) is 29.8 Å². The fourth-order valence-corrected chi connectivity index (χ4v) is 2.25. The number of hydrogen-bond acceptors (Lipinski definition) is 2. The van der Waals surface area contributed by atoms with Gasteiger partial charge in [-0.1, -0.05) is 109 Å². The number of carbonyl (C=O) groups excluding carboxylic acids is 1. The Balaban J connectivity index is -0.000000497. The molecule has 0 unspecified atom stereocenters. The zero-order valence-corrected chi connectivity index (χ0v) is 23.5. The smallest absolute Gasteiger partial charge is 0.406 e. The first-order valence-corrected chi connectivity index (χ1v) is 12.5. The molecule has 3 rings (SSSR count). The van der Waals surface area contributed by atoms with E-state index in [4.69, 9.17) is 0 Å². The van der Waals surface area contributed by atoms with Gasteiger partial charge in [0.2, 0.25) is 0 Å². The molecule has 3 nitrogen and oxygen atoms in total. The topological polar surface area (TPSA) is 38.3 Å². The van der Waals surface area contributed by atoms with E-state index in [9.17, 15) is 18.0 Å². The largest absolute Gasteiger partial charge is 0.573 e. The standard InChI is InChI=1S/C15H15NO.C7H5F3O.4C2H6/c1-11-6-8-14(9-7-11)16-15(17)13-5-3-4-12(2)10-13;8-7(9,10)11-6-4-2-1-3-5-6;4*1-2/h3-10H,1-2H3,(H,16,17);1-5H;4*1-2H3. The van der Waals surface area contributed by atoms with Crippen LogP contribution >= 0.6 is 0 Å². The van der Waals surface area contributed by atoms with E-state index in [-0.39, 0.29) is 11.7 Å². The van der Waals surface area contributed by atoms with Gasteiger partial charge in [0, 0.05) is 11.3 Å². The number of halogens is 3. The molecule has 1 amide bonds. The zero-order chi connectivity index (χ0) is 28.6. The summed E-state index contributed by atoms with van der Waals surface area (Å²) in [5, 5.41) is 2.87. The van der Waals surface area contributed by atoms with Gasteiger partial charge in [-0.3, -0.25) is 4.79 Å². The highest BCUT2D eigenvalue weighted by atomic mass is 19.4. The number of ether oxygens (including phenoxy) is 1. The van der Waals surface area contributed by atoms with Crippen LogP contribution in [0.25, 0.3) is 0 Å². The van der Waals surface area contributed by atoms with Crippen molar-refractivity contribution in [3.8, 4) is 5.75 Å². The van der Waals surface area contributed by atoms with Crippen LogP contribution in [0, 0.1) is 13.8 Å². The van der Waals surface area contributed by atoms with Crippen LogP contribution in [0.3, 0.4) is 0 Å². The average molecular weight is 508 g/mol. The van der Waals surface area contributed by atoms with Crippen molar-refractivity contribution in [2.75, 3.05) is 5.32 Å². The highest BCUT2D eigenvalue weighted by molar-refractivity contribution is 6.04. The molecule has 0 saturated heterocycles. The number of anilines is 1. The minimum absolute atomic E-state index is 0.0717. The van der Waals surface area contributed by atoms with Crippen LogP contribution in [-0.2, 0) is 0 Å². The van der Waals surface area contributed by atoms with Gasteiger partial charge in [-0.25, -0.2) is 0 Å². The van der Waals surface area contributed by atoms with Crippen molar-refractivity contribution < 1.29 is 22.7 Å². The molecule has 3 aromatic rings. The number of benzene rings is 3. The molecular formula is C30H44F3NO2. The summed E-state index contributed by atoms with van der Waals surface area (Å²) in [6.07, 6.45) is -4.60. The van der Waals surface area contributed by atoms with E-state index in [1.807, 2.05) is 118 Å². The Labute approximate surface area is 216 Å². The molecule has 0 aliphatic heterocycles. The van der Waals surface area contributed by atoms with Crippen molar-refractivity contribution in [2.24, 2.45) is 0 Å². The second-order valence-electron chi connectivity index (χ2n) is 6.05. The summed E-state index contributed by atoms with van der Waals surface area (Å²) >= 11 is 0. The molecule has 0 atom stereocenters. The molecule has 0 aromatic heterocycles. The summed E-state index contributed by atoms with van der Waals surface area (Å²) in [5.74, 6) is -0.266. The van der Waals surface area contributed by atoms with Crippen molar-refractivity contribution in [3.63, 3.8) is 0 Å². The van der Waals surface area contributed by atoms with Gasteiger partial charge < -0.3 is 10.1 Å². The van der Waals surface area contributed by atoms with E-state index >= 15 is 0 Å². The molecular weight excluding hydrogens is 463 g/mol. The maximum Gasteiger partial charge on any atom is 0.573 e. The summed E-state index contributed by atoms with van der Waals surface area (Å²) in [7, 11) is 0. The summed E-state index contributed by atoms with van der Waals surface area (Å²) in [6, 6.07) is 22.4. The van der Waals surface area contributed by atoms with E-state index in [0.29, 0.717) is 5.56 Å². The highest BCUT2D eigenvalue weighted by Crippen LogP contribution is 2.21. The minimum Gasteiger partial charge on any atom is -0.406 e. The molecule has 6 heteroatoms. The second kappa shape index (κ2) is 23.5. The normalized spacial score (nSPS) is 8.81. The first-order chi connectivity index (χ1) is 17.2. The minimum atomic E-state index is -4.60. The number of carbonyl (C=O) groups is 1. The average Bonchev–Trinajstić information content (AvgIpc) is 2.90. The van der Waals surface area contributed by atoms with Gasteiger partial charge >= 0.3 is 6.36 Å². The Morgan fingerprint density at radius 3 is 1.61 bits per heavy atom. The van der Waals surface area contributed by atoms with Crippen molar-refractivity contribution in [1.82, 2.24) is 0 Å². The fourth-order valence-electron chi connectivity index (χ4n) is 2.25. The predicted molar refractivity (Wildman–Crippen MR) is 149 cm³/mol. The van der Waals surface area contributed by atoms with Gasteiger partial charge in [0.15, 0.2) is 0 Å². The molecule has 202 valence electrons. The van der Waals surface area contributed by atoms with Crippen LogP contribution in [0.5, 0.6) is 5.75 Å². The van der Waals surface area contributed by atoms with Crippen LogP contribution in [0.15, 0.2) is 78.9 Å². The van der Waals surface area contributed by atoms with E-state index in [1.54, 1.807) is 6.07 Å². The summed E-state index contributed by atoms with van der Waals surface area (Å²) < 4.78 is 38.2. The number of rotatable bonds is 3. The SMILES string of the molecule is CC.CC.CC.CC.Cc1ccc(NC(=O)c2cccc(C)c2)cc1.FC(F)(F)Oc1ccccc1. The molecule has 0 bridgehead atoms. The number of nitrogens with one attached hydrogen (secondary N) is 1. The monoisotopic (exact) mass is 507 g/mol. The van der Waals surface area contributed by atoms with Crippen LogP contribution < -0.4 is 10.1 Å². The summed E-state index contributed by atoms with van der Waals surface area (Å²) in [5.41, 5.74) is 3.77. The Morgan fingerprint density at radius 1 is 0.667 bits per heavy atom. The molecule has 0 saturated carbocycles. The lowest BCUT2D eigenvalue weighted by molar-refractivity contribution is -0.274. The van der Waals surface area contributed by atoms with Gasteiger partial charge in [0.25, 0.3) is 5.91 Å². The zero-order valence-electron chi connectivity index (χ0n) is 23.5. The lowest BCUT2D eigenvalue weighted by Gasteiger charge is -2.07. The Hall–Kier alpha value is -3.28. The predicted octanol–water partition coefficient (Wildman–Crippen LogP) is 10.2. The van der Waals surface area contributed by atoms with Gasteiger partial charge in [-0.2, -0.15) is 0 Å². The summed E-state index contributed by atoms with van der Waals surface area (Å²) in [6.45, 7) is 20.0. The first kappa shape index (κ1) is 37.3. The third kappa shape index (κ3) is 19.1. The van der Waals surface area contributed by atoms with Crippen LogP contribution in [0.2, 0.25) is 0 Å². The second-order valence-corrected chi connectivity index (χ2v) is 6.05. The van der Waals surface area contributed by atoms with E-state index in [0.717, 1.165) is 11.3 Å². The highest BCUT2D eigenvalue weighted by Gasteiger charge is 2.30. The number of alkyl halides is 3. The Morgan fingerprint density at radius 2 is 1.17 bits per heavy atom. The van der Waals surface area contributed by atoms with Gasteiger partial charge in [-0.05, 0) is 50.2 Å². The summed E-state index contributed by atoms with van der Waals surface area (Å²) in [4.78, 5) is 11.9. The van der Waals surface area contributed by atoms with E-state index < -0.39 is 6.36 Å². The van der Waals surface area contributed by atoms with Crippen molar-refractivity contribution in [1.29, 1.82) is 0 Å². The van der Waals surface area contributed by atoms with Crippen LogP contribution in [0.1, 0.15) is 76.9 Å². The quantitative estimate of drug-likeness (QED) is 0.383. The first-order valence-electron chi connectivity index (χ1n) is 12.5. The molecule has 36 heavy (non-hydrogen) atoms. The number of aryl methyl sites for hydroxylation is 2. The maximum atomic E-state index is 11.9. The van der Waals surface area contributed by atoms with E-state index in [2.05, 4.69) is 10.1 Å². The third-order valence-corrected chi connectivity index (χ3v) is 3.57. The molecule has 0 radical (unpaired) electrons. The van der Waals surface area contributed by atoms with Crippen molar-refractivity contribution in [3.05, 3.63) is 95.6 Å². The van der Waals surface area contributed by atoms with Crippen LogP contribution in [0.4, 0.5) is 18.9 Å². The van der Waals surface area contributed by atoms with Gasteiger partial charge in [-0.15, -0.1) is 13.2 Å².